The Morgan fingerprint density at radius 3 is 2.70 bits per heavy atom. The standard InChI is InChI=1S/C14H13ClN2O3/c1-19-14(18)12-6-11(16)7-17-13(12)20-8-9-2-4-10(15)5-3-9/h2-7H,8,16H2,1H3. The molecule has 0 atom stereocenters. The number of carbonyl (C=O) groups is 1. The number of nitrogens with zero attached hydrogens (tertiary/aromatic N) is 1. The Morgan fingerprint density at radius 2 is 2.05 bits per heavy atom. The second kappa shape index (κ2) is 6.25. The van der Waals surface area contributed by atoms with Crippen molar-refractivity contribution in [1.82, 2.24) is 4.98 Å². The molecule has 1 aromatic heterocycles. The number of ether oxygens (including phenoxy) is 2. The van der Waals surface area contributed by atoms with Crippen molar-refractivity contribution in [2.24, 2.45) is 0 Å². The van der Waals surface area contributed by atoms with Crippen molar-refractivity contribution in [2.45, 2.75) is 6.61 Å². The van der Waals surface area contributed by atoms with Crippen LogP contribution in [-0.2, 0) is 11.3 Å². The number of esters is 1. The number of nitrogens with two attached hydrogens (primary N) is 1. The zero-order chi connectivity index (χ0) is 14.5. The van der Waals surface area contributed by atoms with Gasteiger partial charge in [-0.05, 0) is 23.8 Å². The molecule has 104 valence electrons. The summed E-state index contributed by atoms with van der Waals surface area (Å²) in [5.41, 5.74) is 7.07. The first kappa shape index (κ1) is 14.1. The maximum absolute atomic E-state index is 11.6. The second-order valence-electron chi connectivity index (χ2n) is 4.03. The molecule has 1 aromatic carbocycles. The summed E-state index contributed by atoms with van der Waals surface area (Å²) in [7, 11) is 1.29. The van der Waals surface area contributed by atoms with E-state index in [0.29, 0.717) is 10.7 Å². The van der Waals surface area contributed by atoms with Crippen molar-refractivity contribution >= 4 is 23.3 Å². The van der Waals surface area contributed by atoms with Crippen LogP contribution in [0.3, 0.4) is 0 Å². The predicted molar refractivity (Wildman–Crippen MR) is 75.8 cm³/mol. The van der Waals surface area contributed by atoms with E-state index in [2.05, 4.69) is 9.72 Å². The Hall–Kier alpha value is -2.27. The molecule has 0 aliphatic heterocycles. The first-order valence-electron chi connectivity index (χ1n) is 5.81. The van der Waals surface area contributed by atoms with Crippen molar-refractivity contribution in [3.63, 3.8) is 0 Å². The van der Waals surface area contributed by atoms with Crippen LogP contribution in [0, 0.1) is 0 Å². The molecule has 0 aliphatic carbocycles. The van der Waals surface area contributed by atoms with Gasteiger partial charge in [0, 0.05) is 5.02 Å². The molecule has 0 amide bonds. The lowest BCUT2D eigenvalue weighted by atomic mass is 10.2. The fourth-order valence-electron chi connectivity index (χ4n) is 1.57. The highest BCUT2D eigenvalue weighted by atomic mass is 35.5. The van der Waals surface area contributed by atoms with Gasteiger partial charge >= 0.3 is 5.97 Å². The molecular formula is C14H13ClN2O3. The maximum Gasteiger partial charge on any atom is 0.343 e. The van der Waals surface area contributed by atoms with E-state index in [1.54, 1.807) is 12.1 Å². The van der Waals surface area contributed by atoms with Gasteiger partial charge in [-0.3, -0.25) is 0 Å². The van der Waals surface area contributed by atoms with E-state index in [9.17, 15) is 4.79 Å². The van der Waals surface area contributed by atoms with Crippen LogP contribution < -0.4 is 10.5 Å². The third kappa shape index (κ3) is 3.39. The number of aromatic nitrogens is 1. The summed E-state index contributed by atoms with van der Waals surface area (Å²) in [6.07, 6.45) is 1.42. The van der Waals surface area contributed by atoms with Crippen molar-refractivity contribution in [2.75, 3.05) is 12.8 Å². The molecule has 6 heteroatoms. The topological polar surface area (TPSA) is 74.4 Å². The normalized spacial score (nSPS) is 10.1. The van der Waals surface area contributed by atoms with Gasteiger partial charge in [0.2, 0.25) is 5.88 Å². The van der Waals surface area contributed by atoms with Gasteiger partial charge in [-0.25, -0.2) is 9.78 Å². The van der Waals surface area contributed by atoms with Gasteiger partial charge in [0.15, 0.2) is 0 Å². The molecule has 0 unspecified atom stereocenters. The highest BCUT2D eigenvalue weighted by Gasteiger charge is 2.15. The van der Waals surface area contributed by atoms with Crippen LogP contribution in [0.2, 0.25) is 5.02 Å². The van der Waals surface area contributed by atoms with Gasteiger partial charge in [0.05, 0.1) is 19.0 Å². The number of rotatable bonds is 4. The number of carbonyl (C=O) groups excluding carboxylic acids is 1. The second-order valence-corrected chi connectivity index (χ2v) is 4.46. The highest BCUT2D eigenvalue weighted by molar-refractivity contribution is 6.30. The maximum atomic E-state index is 11.6. The van der Waals surface area contributed by atoms with E-state index >= 15 is 0 Å². The average Bonchev–Trinajstić information content (AvgIpc) is 2.46. The third-order valence-corrected chi connectivity index (χ3v) is 2.82. The molecule has 20 heavy (non-hydrogen) atoms. The molecular weight excluding hydrogens is 280 g/mol. The molecule has 0 saturated carbocycles. The van der Waals surface area contributed by atoms with E-state index in [4.69, 9.17) is 22.1 Å². The van der Waals surface area contributed by atoms with Gasteiger partial charge in [0.1, 0.15) is 12.2 Å². The number of hydrogen-bond donors (Lipinski definition) is 1. The van der Waals surface area contributed by atoms with Crippen LogP contribution in [0.25, 0.3) is 0 Å². The zero-order valence-corrected chi connectivity index (χ0v) is 11.6. The van der Waals surface area contributed by atoms with E-state index in [0.717, 1.165) is 5.56 Å². The Labute approximate surface area is 121 Å². The van der Waals surface area contributed by atoms with Gasteiger partial charge in [0.25, 0.3) is 0 Å². The molecule has 0 spiro atoms. The van der Waals surface area contributed by atoms with Crippen molar-refractivity contribution in [1.29, 1.82) is 0 Å². The number of nitrogen functional groups attached to an aromatic ring is 1. The molecule has 2 aromatic rings. The molecule has 5 nitrogen and oxygen atoms in total. The summed E-state index contributed by atoms with van der Waals surface area (Å²) >= 11 is 5.80. The van der Waals surface area contributed by atoms with E-state index in [-0.39, 0.29) is 18.1 Å². The minimum Gasteiger partial charge on any atom is -0.472 e. The predicted octanol–water partition coefficient (Wildman–Crippen LogP) is 2.68. The van der Waals surface area contributed by atoms with Crippen molar-refractivity contribution in [3.8, 4) is 5.88 Å². The van der Waals surface area contributed by atoms with E-state index in [1.165, 1.54) is 19.4 Å². The lowest BCUT2D eigenvalue weighted by Crippen LogP contribution is -2.08. The smallest absolute Gasteiger partial charge is 0.343 e. The molecule has 0 fully saturated rings. The van der Waals surface area contributed by atoms with Crippen LogP contribution in [0.5, 0.6) is 5.88 Å². The first-order valence-corrected chi connectivity index (χ1v) is 6.19. The SMILES string of the molecule is COC(=O)c1cc(N)cnc1OCc1ccc(Cl)cc1. The van der Waals surface area contributed by atoms with Crippen LogP contribution in [0.1, 0.15) is 15.9 Å². The van der Waals surface area contributed by atoms with Gasteiger partial charge < -0.3 is 15.2 Å². The highest BCUT2D eigenvalue weighted by Crippen LogP contribution is 2.20. The molecule has 2 rings (SSSR count). The quantitative estimate of drug-likeness (QED) is 0.877. The number of hydrogen-bond acceptors (Lipinski definition) is 5. The summed E-state index contributed by atoms with van der Waals surface area (Å²) in [5.74, 6) is -0.364. The number of benzene rings is 1. The van der Waals surface area contributed by atoms with E-state index < -0.39 is 5.97 Å². The summed E-state index contributed by atoms with van der Waals surface area (Å²) < 4.78 is 10.2. The fourth-order valence-corrected chi connectivity index (χ4v) is 1.70. The molecule has 2 N–H and O–H groups in total. The lowest BCUT2D eigenvalue weighted by Gasteiger charge is -2.09. The van der Waals surface area contributed by atoms with Crippen molar-refractivity contribution in [3.05, 3.63) is 52.7 Å². The summed E-state index contributed by atoms with van der Waals surface area (Å²) in [6.45, 7) is 0.262. The summed E-state index contributed by atoms with van der Waals surface area (Å²) in [5, 5.41) is 0.648. The Balaban J connectivity index is 2.16. The molecule has 0 saturated heterocycles. The Morgan fingerprint density at radius 1 is 1.35 bits per heavy atom. The summed E-state index contributed by atoms with van der Waals surface area (Å²) in [6, 6.07) is 8.65. The van der Waals surface area contributed by atoms with Gasteiger partial charge in [-0.15, -0.1) is 0 Å². The summed E-state index contributed by atoms with van der Waals surface area (Å²) in [4.78, 5) is 15.6. The molecule has 1 heterocycles. The average molecular weight is 293 g/mol. The van der Waals surface area contributed by atoms with Crippen LogP contribution in [0.15, 0.2) is 36.5 Å². The molecule has 0 bridgehead atoms. The number of halogens is 1. The monoisotopic (exact) mass is 292 g/mol. The van der Waals surface area contributed by atoms with Crippen LogP contribution >= 0.6 is 11.6 Å². The minimum absolute atomic E-state index is 0.181. The first-order chi connectivity index (χ1) is 9.60. The molecule has 0 radical (unpaired) electrons. The number of methoxy groups -OCH3 is 1. The largest absolute Gasteiger partial charge is 0.472 e. The number of anilines is 1. The Kier molecular flexibility index (Phi) is 4.42. The fraction of sp³-hybridized carbons (Fsp3) is 0.143. The zero-order valence-electron chi connectivity index (χ0n) is 10.8. The van der Waals surface area contributed by atoms with Gasteiger partial charge in [-0.1, -0.05) is 23.7 Å². The lowest BCUT2D eigenvalue weighted by molar-refractivity contribution is 0.0594. The van der Waals surface area contributed by atoms with Crippen molar-refractivity contribution < 1.29 is 14.3 Å². The van der Waals surface area contributed by atoms with E-state index in [1.807, 2.05) is 12.1 Å². The molecule has 0 aliphatic rings. The van der Waals surface area contributed by atoms with Gasteiger partial charge in [-0.2, -0.15) is 0 Å². The third-order valence-electron chi connectivity index (χ3n) is 2.57. The number of pyridine rings is 1. The Bertz CT molecular complexity index is 614. The van der Waals surface area contributed by atoms with Crippen LogP contribution in [-0.4, -0.2) is 18.1 Å². The minimum atomic E-state index is -0.545. The van der Waals surface area contributed by atoms with Crippen LogP contribution in [0.4, 0.5) is 5.69 Å².